The van der Waals surface area contributed by atoms with Gasteiger partial charge in [-0.2, -0.15) is 0 Å². The molecule has 2 amide bonds. The van der Waals surface area contributed by atoms with E-state index in [-0.39, 0.29) is 24.4 Å². The molecule has 6 heteroatoms. The number of fused-ring (bicyclic) bond motifs is 1. The van der Waals surface area contributed by atoms with E-state index in [1.165, 1.54) is 0 Å². The predicted octanol–water partition coefficient (Wildman–Crippen LogP) is 0.903. The Kier molecular flexibility index (Phi) is 2.59. The Hall–Kier alpha value is -1.82. The highest BCUT2D eigenvalue weighted by Gasteiger charge is 2.46. The molecule has 2 heterocycles. The molecule has 2 saturated heterocycles. The van der Waals surface area contributed by atoms with Gasteiger partial charge in [-0.25, -0.2) is 4.79 Å². The van der Waals surface area contributed by atoms with Gasteiger partial charge in [-0.3, -0.25) is 4.90 Å². The molecular weight excluding hydrogens is 248 g/mol. The minimum atomic E-state index is -0.142. The summed E-state index contributed by atoms with van der Waals surface area (Å²) in [6.07, 6.45) is -0.267. The molecule has 0 bridgehead atoms. The van der Waals surface area contributed by atoms with E-state index in [0.29, 0.717) is 5.11 Å². The lowest BCUT2D eigenvalue weighted by Gasteiger charge is -2.28. The summed E-state index contributed by atoms with van der Waals surface area (Å²) in [7, 11) is 0. The molecule has 2 aliphatic heterocycles. The smallest absolute Gasteiger partial charge is 0.321 e. The van der Waals surface area contributed by atoms with Crippen molar-refractivity contribution in [3.63, 3.8) is 0 Å². The van der Waals surface area contributed by atoms with Gasteiger partial charge in [0.25, 0.3) is 0 Å². The summed E-state index contributed by atoms with van der Waals surface area (Å²) in [5.74, 6) is 0. The zero-order valence-electron chi connectivity index (χ0n) is 9.88. The molecule has 0 saturated carbocycles. The van der Waals surface area contributed by atoms with Crippen molar-refractivity contribution in [2.45, 2.75) is 25.3 Å². The monoisotopic (exact) mass is 262 g/mol. The summed E-state index contributed by atoms with van der Waals surface area (Å²) < 4.78 is 0. The zero-order valence-corrected chi connectivity index (χ0v) is 10.7. The molecule has 5 nitrogen and oxygen atoms in total. The third-order valence-corrected chi connectivity index (χ3v) is 3.63. The molecule has 1 aromatic rings. The van der Waals surface area contributed by atoms with Gasteiger partial charge in [-0.1, -0.05) is 30.3 Å². The van der Waals surface area contributed by atoms with Crippen LogP contribution in [0, 0.1) is 0 Å². The van der Waals surface area contributed by atoms with Gasteiger partial charge < -0.3 is 16.0 Å². The van der Waals surface area contributed by atoms with Crippen molar-refractivity contribution >= 4 is 23.4 Å². The lowest BCUT2D eigenvalue weighted by molar-refractivity contribution is 0.175. The lowest BCUT2D eigenvalue weighted by atomic mass is 10.1. The van der Waals surface area contributed by atoms with Crippen LogP contribution in [0.2, 0.25) is 0 Å². The van der Waals surface area contributed by atoms with Crippen LogP contribution >= 0.6 is 12.2 Å². The maximum Gasteiger partial charge on any atom is 0.321 e. The predicted molar refractivity (Wildman–Crippen MR) is 71.7 cm³/mol. The van der Waals surface area contributed by atoms with Crippen LogP contribution in [0.15, 0.2) is 30.3 Å². The van der Waals surface area contributed by atoms with Gasteiger partial charge >= 0.3 is 6.03 Å². The van der Waals surface area contributed by atoms with E-state index in [1.807, 2.05) is 37.3 Å². The highest BCUT2D eigenvalue weighted by molar-refractivity contribution is 7.80. The standard InChI is InChI=1S/C12H14N4OS/c1-7(8-5-3-2-4-6-8)16-10-9(14-12(16)17)13-11(18)15-10/h2-7,9-10H,1H3,(H,14,17)(H2,13,15,18). The number of carbonyl (C=O) groups excluding carboxylic acids is 1. The molecule has 2 fully saturated rings. The molecule has 2 aliphatic rings. The molecule has 0 aliphatic carbocycles. The molecule has 18 heavy (non-hydrogen) atoms. The Morgan fingerprint density at radius 1 is 1.22 bits per heavy atom. The van der Waals surface area contributed by atoms with Crippen LogP contribution < -0.4 is 16.0 Å². The Bertz CT molecular complexity index is 492. The third kappa shape index (κ3) is 1.69. The first-order valence-electron chi connectivity index (χ1n) is 5.87. The van der Waals surface area contributed by atoms with Crippen molar-refractivity contribution in [1.29, 1.82) is 0 Å². The number of urea groups is 1. The Morgan fingerprint density at radius 3 is 2.67 bits per heavy atom. The number of nitrogens with one attached hydrogen (secondary N) is 3. The van der Waals surface area contributed by atoms with Crippen molar-refractivity contribution in [2.24, 2.45) is 0 Å². The minimum Gasteiger partial charge on any atom is -0.339 e. The minimum absolute atomic E-state index is 0.00333. The molecule has 3 atom stereocenters. The molecule has 3 N–H and O–H groups in total. The number of rotatable bonds is 2. The Labute approximate surface area is 111 Å². The topological polar surface area (TPSA) is 56.4 Å². The van der Waals surface area contributed by atoms with E-state index >= 15 is 0 Å². The molecule has 3 unspecified atom stereocenters. The van der Waals surface area contributed by atoms with Crippen molar-refractivity contribution in [3.05, 3.63) is 35.9 Å². The number of hydrogen-bond acceptors (Lipinski definition) is 2. The Balaban J connectivity index is 1.87. The second-order valence-corrected chi connectivity index (χ2v) is 4.89. The summed E-state index contributed by atoms with van der Waals surface area (Å²) >= 11 is 5.07. The first kappa shape index (κ1) is 11.3. The van der Waals surface area contributed by atoms with Crippen molar-refractivity contribution < 1.29 is 4.79 Å². The van der Waals surface area contributed by atoms with Crippen LogP contribution in [0.5, 0.6) is 0 Å². The van der Waals surface area contributed by atoms with Crippen molar-refractivity contribution in [3.8, 4) is 0 Å². The number of benzene rings is 1. The highest BCUT2D eigenvalue weighted by atomic mass is 32.1. The lowest BCUT2D eigenvalue weighted by Crippen LogP contribution is -2.44. The fourth-order valence-electron chi connectivity index (χ4n) is 2.47. The molecule has 94 valence electrons. The average molecular weight is 262 g/mol. The quantitative estimate of drug-likeness (QED) is 0.693. The second kappa shape index (κ2) is 4.13. The number of thiocarbonyl (C=S) groups is 1. The Morgan fingerprint density at radius 2 is 1.94 bits per heavy atom. The summed E-state index contributed by atoms with van der Waals surface area (Å²) in [4.78, 5) is 13.8. The van der Waals surface area contributed by atoms with E-state index in [1.54, 1.807) is 4.90 Å². The van der Waals surface area contributed by atoms with Crippen LogP contribution in [0.3, 0.4) is 0 Å². The molecule has 0 aromatic heterocycles. The van der Waals surface area contributed by atoms with Gasteiger partial charge in [-0.05, 0) is 24.7 Å². The summed E-state index contributed by atoms with van der Waals surface area (Å²) in [6, 6.07) is 9.87. The SMILES string of the molecule is CC(c1ccccc1)N1C(=O)NC2NC(=S)NC21. The maximum absolute atomic E-state index is 12.0. The van der Waals surface area contributed by atoms with E-state index in [9.17, 15) is 4.79 Å². The highest BCUT2D eigenvalue weighted by Crippen LogP contribution is 2.27. The van der Waals surface area contributed by atoms with Gasteiger partial charge in [0.15, 0.2) is 5.11 Å². The maximum atomic E-state index is 12.0. The van der Waals surface area contributed by atoms with Gasteiger partial charge in [0.1, 0.15) is 12.3 Å². The van der Waals surface area contributed by atoms with E-state index in [4.69, 9.17) is 12.2 Å². The van der Waals surface area contributed by atoms with Crippen LogP contribution in [-0.4, -0.2) is 28.4 Å². The number of carbonyl (C=O) groups is 1. The van der Waals surface area contributed by atoms with E-state index in [0.717, 1.165) is 5.56 Å². The zero-order chi connectivity index (χ0) is 12.7. The van der Waals surface area contributed by atoms with Crippen molar-refractivity contribution in [1.82, 2.24) is 20.9 Å². The van der Waals surface area contributed by atoms with Gasteiger partial charge in [-0.15, -0.1) is 0 Å². The van der Waals surface area contributed by atoms with Crippen LogP contribution in [0.1, 0.15) is 18.5 Å². The average Bonchev–Trinajstić information content (AvgIpc) is 2.84. The largest absolute Gasteiger partial charge is 0.339 e. The van der Waals surface area contributed by atoms with Crippen LogP contribution in [0.25, 0.3) is 0 Å². The summed E-state index contributed by atoms with van der Waals surface area (Å²) in [6.45, 7) is 2.01. The van der Waals surface area contributed by atoms with E-state index < -0.39 is 0 Å². The normalized spacial score (nSPS) is 27.3. The second-order valence-electron chi connectivity index (χ2n) is 4.48. The summed E-state index contributed by atoms with van der Waals surface area (Å²) in [5, 5.41) is 9.59. The summed E-state index contributed by atoms with van der Waals surface area (Å²) in [5.41, 5.74) is 1.10. The first-order valence-corrected chi connectivity index (χ1v) is 6.28. The number of nitrogens with zero attached hydrogens (tertiary/aromatic N) is 1. The first-order chi connectivity index (χ1) is 8.66. The fraction of sp³-hybridized carbons (Fsp3) is 0.333. The van der Waals surface area contributed by atoms with Gasteiger partial charge in [0.05, 0.1) is 6.04 Å². The number of amides is 2. The van der Waals surface area contributed by atoms with Crippen LogP contribution in [0.4, 0.5) is 4.79 Å². The molecule has 1 aromatic carbocycles. The molecular formula is C12H14N4OS. The molecule has 0 radical (unpaired) electrons. The molecule has 0 spiro atoms. The number of hydrogen-bond donors (Lipinski definition) is 3. The van der Waals surface area contributed by atoms with Gasteiger partial charge in [0, 0.05) is 0 Å². The van der Waals surface area contributed by atoms with Crippen LogP contribution in [-0.2, 0) is 0 Å². The third-order valence-electron chi connectivity index (χ3n) is 3.39. The molecule has 3 rings (SSSR count). The fourth-order valence-corrected chi connectivity index (χ4v) is 2.72. The van der Waals surface area contributed by atoms with Crippen molar-refractivity contribution in [2.75, 3.05) is 0 Å². The van der Waals surface area contributed by atoms with Gasteiger partial charge in [0.2, 0.25) is 0 Å². The van der Waals surface area contributed by atoms with E-state index in [2.05, 4.69) is 16.0 Å².